The SMILES string of the molecule is CCc1cc(CCCCN)cc([N+](=O)[O-])c1. The molecule has 0 aliphatic rings. The largest absolute Gasteiger partial charge is 0.330 e. The van der Waals surface area contributed by atoms with E-state index in [-0.39, 0.29) is 10.6 Å². The van der Waals surface area contributed by atoms with E-state index in [1.165, 1.54) is 0 Å². The second-order valence-corrected chi connectivity index (χ2v) is 3.86. The average Bonchev–Trinajstić information content (AvgIpc) is 2.29. The zero-order chi connectivity index (χ0) is 12.0. The predicted octanol–water partition coefficient (Wildman–Crippen LogP) is 2.44. The van der Waals surface area contributed by atoms with Crippen LogP contribution in [0.4, 0.5) is 5.69 Å². The van der Waals surface area contributed by atoms with Crippen molar-refractivity contribution in [2.45, 2.75) is 32.6 Å². The summed E-state index contributed by atoms with van der Waals surface area (Å²) in [7, 11) is 0. The first kappa shape index (κ1) is 12.6. The molecule has 1 aromatic rings. The van der Waals surface area contributed by atoms with E-state index >= 15 is 0 Å². The summed E-state index contributed by atoms with van der Waals surface area (Å²) >= 11 is 0. The summed E-state index contributed by atoms with van der Waals surface area (Å²) < 4.78 is 0. The molecule has 0 saturated heterocycles. The van der Waals surface area contributed by atoms with Crippen LogP contribution >= 0.6 is 0 Å². The summed E-state index contributed by atoms with van der Waals surface area (Å²) in [5.41, 5.74) is 7.68. The fourth-order valence-electron chi connectivity index (χ4n) is 1.67. The van der Waals surface area contributed by atoms with Crippen molar-refractivity contribution in [2.24, 2.45) is 5.73 Å². The van der Waals surface area contributed by atoms with Crippen LogP contribution in [-0.2, 0) is 12.8 Å². The normalized spacial score (nSPS) is 10.4. The molecule has 0 aromatic heterocycles. The fourth-order valence-corrected chi connectivity index (χ4v) is 1.67. The molecule has 0 amide bonds. The molecule has 0 bridgehead atoms. The third-order valence-corrected chi connectivity index (χ3v) is 2.58. The van der Waals surface area contributed by atoms with E-state index in [0.29, 0.717) is 6.54 Å². The van der Waals surface area contributed by atoms with Gasteiger partial charge in [-0.25, -0.2) is 0 Å². The van der Waals surface area contributed by atoms with Crippen LogP contribution in [-0.4, -0.2) is 11.5 Å². The molecule has 2 N–H and O–H groups in total. The first-order valence-corrected chi connectivity index (χ1v) is 5.64. The Hall–Kier alpha value is -1.42. The van der Waals surface area contributed by atoms with Crippen molar-refractivity contribution in [2.75, 3.05) is 6.54 Å². The van der Waals surface area contributed by atoms with Gasteiger partial charge in [-0.2, -0.15) is 0 Å². The highest BCUT2D eigenvalue weighted by molar-refractivity contribution is 5.39. The number of nitro benzene ring substituents is 1. The number of non-ortho nitro benzene ring substituents is 1. The summed E-state index contributed by atoms with van der Waals surface area (Å²) in [5, 5.41) is 10.7. The van der Waals surface area contributed by atoms with Crippen LogP contribution in [0.1, 0.15) is 30.9 Å². The number of nitro groups is 1. The summed E-state index contributed by atoms with van der Waals surface area (Å²) in [6, 6.07) is 5.35. The summed E-state index contributed by atoms with van der Waals surface area (Å²) in [6.07, 6.45) is 3.64. The third kappa shape index (κ3) is 3.62. The van der Waals surface area contributed by atoms with Crippen LogP contribution in [0.25, 0.3) is 0 Å². The van der Waals surface area contributed by atoms with Gasteiger partial charge >= 0.3 is 0 Å². The van der Waals surface area contributed by atoms with Gasteiger partial charge in [-0.3, -0.25) is 10.1 Å². The number of hydrogen-bond donors (Lipinski definition) is 1. The summed E-state index contributed by atoms with van der Waals surface area (Å²) in [6.45, 7) is 2.68. The van der Waals surface area contributed by atoms with Gasteiger partial charge in [-0.15, -0.1) is 0 Å². The second kappa shape index (κ2) is 6.23. The van der Waals surface area contributed by atoms with E-state index in [4.69, 9.17) is 5.73 Å². The standard InChI is InChI=1S/C12H18N2O2/c1-2-10-7-11(5-3-4-6-13)9-12(8-10)14(15)16/h7-9H,2-6,13H2,1H3. The van der Waals surface area contributed by atoms with Crippen molar-refractivity contribution in [3.63, 3.8) is 0 Å². The van der Waals surface area contributed by atoms with E-state index in [1.807, 2.05) is 13.0 Å². The highest BCUT2D eigenvalue weighted by Gasteiger charge is 2.08. The van der Waals surface area contributed by atoms with E-state index in [1.54, 1.807) is 12.1 Å². The molecule has 1 aromatic carbocycles. The van der Waals surface area contributed by atoms with E-state index in [0.717, 1.165) is 36.8 Å². The topological polar surface area (TPSA) is 69.2 Å². The number of rotatable bonds is 6. The molecule has 0 fully saturated rings. The zero-order valence-electron chi connectivity index (χ0n) is 9.61. The lowest BCUT2D eigenvalue weighted by Gasteiger charge is -2.04. The van der Waals surface area contributed by atoms with Crippen LogP contribution in [0, 0.1) is 10.1 Å². The van der Waals surface area contributed by atoms with Gasteiger partial charge in [-0.1, -0.05) is 13.0 Å². The Kier molecular flexibility index (Phi) is 4.92. The van der Waals surface area contributed by atoms with Crippen molar-refractivity contribution in [3.05, 3.63) is 39.4 Å². The fraction of sp³-hybridized carbons (Fsp3) is 0.500. The molecule has 4 heteroatoms. The first-order chi connectivity index (χ1) is 7.67. The van der Waals surface area contributed by atoms with Gasteiger partial charge in [0.15, 0.2) is 0 Å². The smallest absolute Gasteiger partial charge is 0.269 e. The Morgan fingerprint density at radius 2 is 1.94 bits per heavy atom. The highest BCUT2D eigenvalue weighted by Crippen LogP contribution is 2.19. The molecule has 0 aliphatic carbocycles. The van der Waals surface area contributed by atoms with Gasteiger partial charge in [0.2, 0.25) is 0 Å². The molecule has 0 atom stereocenters. The molecule has 1 rings (SSSR count). The molecule has 4 nitrogen and oxygen atoms in total. The van der Waals surface area contributed by atoms with Crippen molar-refractivity contribution < 1.29 is 4.92 Å². The number of benzene rings is 1. The van der Waals surface area contributed by atoms with Crippen LogP contribution in [0.2, 0.25) is 0 Å². The minimum Gasteiger partial charge on any atom is -0.330 e. The first-order valence-electron chi connectivity index (χ1n) is 5.64. The minimum absolute atomic E-state index is 0.196. The van der Waals surface area contributed by atoms with Crippen molar-refractivity contribution in [1.29, 1.82) is 0 Å². The number of nitrogens with two attached hydrogens (primary N) is 1. The molecule has 0 heterocycles. The average molecular weight is 222 g/mol. The minimum atomic E-state index is -0.328. The Morgan fingerprint density at radius 1 is 1.25 bits per heavy atom. The van der Waals surface area contributed by atoms with Gasteiger partial charge in [0.1, 0.15) is 0 Å². The lowest BCUT2D eigenvalue weighted by atomic mass is 10.0. The lowest BCUT2D eigenvalue weighted by molar-refractivity contribution is -0.385. The molecule has 0 spiro atoms. The summed E-state index contributed by atoms with van der Waals surface area (Å²) in [5.74, 6) is 0. The molecule has 0 radical (unpaired) electrons. The van der Waals surface area contributed by atoms with Crippen LogP contribution < -0.4 is 5.73 Å². The Labute approximate surface area is 95.6 Å². The third-order valence-electron chi connectivity index (χ3n) is 2.58. The molecule has 0 saturated carbocycles. The molecule has 0 unspecified atom stereocenters. The van der Waals surface area contributed by atoms with Gasteiger partial charge in [-0.05, 0) is 43.4 Å². The Bertz CT molecular complexity index is 364. The molecule has 16 heavy (non-hydrogen) atoms. The quantitative estimate of drug-likeness (QED) is 0.456. The van der Waals surface area contributed by atoms with Crippen molar-refractivity contribution in [1.82, 2.24) is 0 Å². The van der Waals surface area contributed by atoms with Crippen molar-refractivity contribution >= 4 is 5.69 Å². The zero-order valence-corrected chi connectivity index (χ0v) is 9.61. The molecular formula is C12H18N2O2. The van der Waals surface area contributed by atoms with E-state index in [2.05, 4.69) is 0 Å². The van der Waals surface area contributed by atoms with Gasteiger partial charge < -0.3 is 5.73 Å². The second-order valence-electron chi connectivity index (χ2n) is 3.86. The number of unbranched alkanes of at least 4 members (excludes halogenated alkanes) is 1. The Balaban J connectivity index is 2.82. The Morgan fingerprint density at radius 3 is 2.50 bits per heavy atom. The monoisotopic (exact) mass is 222 g/mol. The maximum absolute atomic E-state index is 10.7. The van der Waals surface area contributed by atoms with E-state index < -0.39 is 0 Å². The van der Waals surface area contributed by atoms with Gasteiger partial charge in [0, 0.05) is 12.1 Å². The lowest BCUT2D eigenvalue weighted by Crippen LogP contribution is -2.00. The van der Waals surface area contributed by atoms with Crippen LogP contribution in [0.15, 0.2) is 18.2 Å². The number of nitrogens with zero attached hydrogens (tertiary/aromatic N) is 1. The maximum Gasteiger partial charge on any atom is 0.269 e. The highest BCUT2D eigenvalue weighted by atomic mass is 16.6. The van der Waals surface area contributed by atoms with Gasteiger partial charge in [0.25, 0.3) is 5.69 Å². The molecular weight excluding hydrogens is 204 g/mol. The van der Waals surface area contributed by atoms with Gasteiger partial charge in [0.05, 0.1) is 4.92 Å². The van der Waals surface area contributed by atoms with Crippen LogP contribution in [0.5, 0.6) is 0 Å². The molecule has 0 aliphatic heterocycles. The number of hydrogen-bond acceptors (Lipinski definition) is 3. The van der Waals surface area contributed by atoms with Crippen molar-refractivity contribution in [3.8, 4) is 0 Å². The van der Waals surface area contributed by atoms with Crippen LogP contribution in [0.3, 0.4) is 0 Å². The summed E-state index contributed by atoms with van der Waals surface area (Å²) in [4.78, 5) is 10.4. The van der Waals surface area contributed by atoms with E-state index in [9.17, 15) is 10.1 Å². The molecule has 88 valence electrons. The number of aryl methyl sites for hydroxylation is 2. The maximum atomic E-state index is 10.7. The predicted molar refractivity (Wildman–Crippen MR) is 64.5 cm³/mol.